The van der Waals surface area contributed by atoms with Gasteiger partial charge in [0.25, 0.3) is 0 Å². The highest BCUT2D eigenvalue weighted by molar-refractivity contribution is 6.31. The molecule has 2 N–H and O–H groups in total. The predicted molar refractivity (Wildman–Crippen MR) is 216 cm³/mol. The molecule has 5 nitrogen and oxygen atoms in total. The summed E-state index contributed by atoms with van der Waals surface area (Å²) < 4.78 is 13.1. The quantitative estimate of drug-likeness (QED) is 0.133. The molecule has 268 valence electrons. The molecule has 0 saturated heterocycles. The van der Waals surface area contributed by atoms with E-state index in [4.69, 9.17) is 38.4 Å². The highest BCUT2D eigenvalue weighted by Crippen LogP contribution is 2.56. The van der Waals surface area contributed by atoms with Gasteiger partial charge in [-0.3, -0.25) is 0 Å². The van der Waals surface area contributed by atoms with E-state index in [2.05, 4.69) is 84.9 Å². The van der Waals surface area contributed by atoms with Crippen molar-refractivity contribution in [3.05, 3.63) is 183 Å². The molecule has 0 spiro atoms. The van der Waals surface area contributed by atoms with E-state index in [9.17, 15) is 10.5 Å². The lowest BCUT2D eigenvalue weighted by molar-refractivity contribution is 0.0706. The number of ether oxygens (including phenoxy) is 2. The highest BCUT2D eigenvalue weighted by atomic mass is 35.5. The summed E-state index contributed by atoms with van der Waals surface area (Å²) in [4.78, 5) is -0.693. The van der Waals surface area contributed by atoms with Gasteiger partial charge < -0.3 is 15.2 Å². The van der Waals surface area contributed by atoms with Gasteiger partial charge in [0.1, 0.15) is 35.0 Å². The maximum Gasteiger partial charge on any atom is 0.147 e. The Labute approximate surface area is 327 Å². The number of nitrogens with zero attached hydrogens (tertiary/aromatic N) is 2. The van der Waals surface area contributed by atoms with Crippen molar-refractivity contribution < 1.29 is 9.47 Å². The predicted octanol–water partition coefficient (Wildman–Crippen LogP) is 11.7. The molecule has 0 heterocycles. The second-order valence-corrected chi connectivity index (χ2v) is 15.0. The zero-order valence-corrected chi connectivity index (χ0v) is 31.9. The third-order valence-corrected chi connectivity index (χ3v) is 11.7. The van der Waals surface area contributed by atoms with Crippen LogP contribution in [0.15, 0.2) is 133 Å². The van der Waals surface area contributed by atoms with Gasteiger partial charge in [-0.05, 0) is 95.1 Å². The third-order valence-electron chi connectivity index (χ3n) is 10.9. The van der Waals surface area contributed by atoms with E-state index in [1.807, 2.05) is 69.3 Å². The summed E-state index contributed by atoms with van der Waals surface area (Å²) in [6.07, 6.45) is 1.19. The number of rotatable bonds is 11. The lowest BCUT2D eigenvalue weighted by atomic mass is 9.67. The molecule has 54 heavy (non-hydrogen) atoms. The lowest BCUT2D eigenvalue weighted by Crippen LogP contribution is -2.41. The first kappa shape index (κ1) is 36.8. The number of benzene rings is 6. The number of halogens is 2. The molecule has 0 radical (unpaired) electrons. The SMILES string of the molecule is CCC(C)(Cl)c1cccc(Oc2ccc(C3(c4ccc(OC(CC)(CN)c5cccc(Cl)c5C#N)cc4)c4ccccc4-c4ccccc43)cc2)c1C#N. The van der Waals surface area contributed by atoms with Gasteiger partial charge in [0.15, 0.2) is 0 Å². The van der Waals surface area contributed by atoms with Crippen LogP contribution < -0.4 is 15.2 Å². The van der Waals surface area contributed by atoms with E-state index >= 15 is 0 Å². The smallest absolute Gasteiger partial charge is 0.147 e. The van der Waals surface area contributed by atoms with Gasteiger partial charge in [0, 0.05) is 12.1 Å². The molecule has 0 fully saturated rings. The Morgan fingerprint density at radius 2 is 1.19 bits per heavy atom. The fraction of sp³-hybridized carbons (Fsp3) is 0.191. The number of nitrogens with two attached hydrogens (primary N) is 1. The molecule has 2 atom stereocenters. The zero-order valence-electron chi connectivity index (χ0n) is 30.4. The Morgan fingerprint density at radius 3 is 1.72 bits per heavy atom. The zero-order chi connectivity index (χ0) is 38.1. The molecule has 7 heteroatoms. The molecular formula is C47H39Cl2N3O2. The van der Waals surface area contributed by atoms with Crippen LogP contribution in [0.1, 0.15) is 78.1 Å². The number of nitriles is 2. The summed E-state index contributed by atoms with van der Waals surface area (Å²) in [5, 5.41) is 20.5. The van der Waals surface area contributed by atoms with Gasteiger partial charge in [0.05, 0.1) is 26.4 Å². The van der Waals surface area contributed by atoms with Gasteiger partial charge in [0.2, 0.25) is 0 Å². The van der Waals surface area contributed by atoms with Crippen molar-refractivity contribution in [2.24, 2.45) is 5.73 Å². The second-order valence-electron chi connectivity index (χ2n) is 13.8. The van der Waals surface area contributed by atoms with E-state index in [1.165, 1.54) is 11.1 Å². The Morgan fingerprint density at radius 1 is 0.648 bits per heavy atom. The van der Waals surface area contributed by atoms with E-state index in [0.717, 1.165) is 27.8 Å². The molecule has 0 saturated carbocycles. The maximum atomic E-state index is 10.2. The van der Waals surface area contributed by atoms with Crippen molar-refractivity contribution in [3.63, 3.8) is 0 Å². The molecule has 2 unspecified atom stereocenters. The number of fused-ring (bicyclic) bond motifs is 3. The summed E-state index contributed by atoms with van der Waals surface area (Å²) >= 11 is 13.3. The Kier molecular flexibility index (Phi) is 10.0. The minimum Gasteiger partial charge on any atom is -0.481 e. The molecule has 6 aromatic rings. The summed E-state index contributed by atoms with van der Waals surface area (Å²) in [6.45, 7) is 6.07. The van der Waals surface area contributed by atoms with Crippen LogP contribution in [0.2, 0.25) is 5.02 Å². The fourth-order valence-corrected chi connectivity index (χ4v) is 8.28. The maximum absolute atomic E-state index is 10.2. The first-order valence-corrected chi connectivity index (χ1v) is 18.8. The van der Waals surface area contributed by atoms with Crippen LogP contribution in [0, 0.1) is 22.7 Å². The molecule has 1 aliphatic rings. The van der Waals surface area contributed by atoms with E-state index in [0.29, 0.717) is 51.8 Å². The molecular weight excluding hydrogens is 709 g/mol. The Bertz CT molecular complexity index is 2380. The van der Waals surface area contributed by atoms with Crippen LogP contribution in [-0.4, -0.2) is 6.54 Å². The molecule has 7 rings (SSSR count). The van der Waals surface area contributed by atoms with Gasteiger partial charge in [-0.25, -0.2) is 0 Å². The van der Waals surface area contributed by atoms with Crippen molar-refractivity contribution in [1.82, 2.24) is 0 Å². The second kappa shape index (κ2) is 14.7. The minimum absolute atomic E-state index is 0.156. The van der Waals surface area contributed by atoms with Crippen molar-refractivity contribution in [2.75, 3.05) is 6.54 Å². The first-order chi connectivity index (χ1) is 26.2. The Hall–Kier alpha value is -5.56. The summed E-state index contributed by atoms with van der Waals surface area (Å²) in [7, 11) is 0. The third kappa shape index (κ3) is 6.00. The van der Waals surface area contributed by atoms with Gasteiger partial charge in [-0.2, -0.15) is 10.5 Å². The first-order valence-electron chi connectivity index (χ1n) is 18.1. The van der Waals surface area contributed by atoms with Gasteiger partial charge in [-0.15, -0.1) is 11.6 Å². The van der Waals surface area contributed by atoms with E-state index in [-0.39, 0.29) is 6.54 Å². The molecule has 0 bridgehead atoms. The number of hydrogen-bond acceptors (Lipinski definition) is 5. The van der Waals surface area contributed by atoms with E-state index < -0.39 is 15.9 Å². The largest absolute Gasteiger partial charge is 0.481 e. The molecule has 0 amide bonds. The summed E-state index contributed by atoms with van der Waals surface area (Å²) in [5.74, 6) is 1.69. The standard InChI is InChI=1S/C47H39Cl2N3O2/c1-4-45(3,49)39-16-11-19-44(38(39)29-51)53-33-24-20-31(21-25-33)47(41-14-8-6-12-35(41)36-13-7-9-15-42(36)47)32-22-26-34(27-23-32)54-46(5-2,30-52)40-17-10-18-43(48)37(40)28-50/h6-27H,4-5,30,52H2,1-3H3. The Balaban J connectivity index is 1.32. The summed E-state index contributed by atoms with van der Waals surface area (Å²) in [6, 6.07) is 48.9. The van der Waals surface area contributed by atoms with Crippen molar-refractivity contribution in [3.8, 4) is 40.5 Å². The molecule has 0 aromatic heterocycles. The number of hydrogen-bond donors (Lipinski definition) is 1. The highest BCUT2D eigenvalue weighted by Gasteiger charge is 2.46. The van der Waals surface area contributed by atoms with Crippen molar-refractivity contribution >= 4 is 23.2 Å². The normalized spacial score (nSPS) is 14.7. The number of alkyl halides is 1. The van der Waals surface area contributed by atoms with Crippen LogP contribution in [0.4, 0.5) is 0 Å². The van der Waals surface area contributed by atoms with Crippen LogP contribution in [0.5, 0.6) is 17.2 Å². The van der Waals surface area contributed by atoms with Crippen LogP contribution in [0.3, 0.4) is 0 Å². The average molecular weight is 749 g/mol. The minimum atomic E-state index is -0.957. The summed E-state index contributed by atoms with van der Waals surface area (Å²) in [5.41, 5.74) is 13.8. The van der Waals surface area contributed by atoms with Crippen LogP contribution in [-0.2, 0) is 15.9 Å². The molecule has 6 aromatic carbocycles. The van der Waals surface area contributed by atoms with Crippen molar-refractivity contribution in [2.45, 2.75) is 49.5 Å². The van der Waals surface area contributed by atoms with E-state index in [1.54, 1.807) is 12.1 Å². The van der Waals surface area contributed by atoms with Crippen LogP contribution in [0.25, 0.3) is 11.1 Å². The van der Waals surface area contributed by atoms with Gasteiger partial charge in [-0.1, -0.05) is 123 Å². The monoisotopic (exact) mass is 747 g/mol. The fourth-order valence-electron chi connectivity index (χ4n) is 7.91. The topological polar surface area (TPSA) is 92.1 Å². The van der Waals surface area contributed by atoms with Gasteiger partial charge >= 0.3 is 0 Å². The molecule has 1 aliphatic carbocycles. The van der Waals surface area contributed by atoms with Crippen molar-refractivity contribution in [1.29, 1.82) is 10.5 Å². The van der Waals surface area contributed by atoms with Crippen LogP contribution >= 0.6 is 23.2 Å². The average Bonchev–Trinajstić information content (AvgIpc) is 3.51. The lowest BCUT2D eigenvalue weighted by Gasteiger charge is -2.35. The molecule has 0 aliphatic heterocycles.